The van der Waals surface area contributed by atoms with Crippen molar-refractivity contribution in [1.29, 1.82) is 0 Å². The maximum absolute atomic E-state index is 12.0. The molecule has 0 unspecified atom stereocenters. The molecule has 20 heavy (non-hydrogen) atoms. The van der Waals surface area contributed by atoms with Crippen LogP contribution in [0.3, 0.4) is 0 Å². The van der Waals surface area contributed by atoms with Crippen LogP contribution in [-0.2, 0) is 11.8 Å². The molecular formula is C15H19N3OS. The van der Waals surface area contributed by atoms with Crippen LogP contribution in [0.1, 0.15) is 25.3 Å². The van der Waals surface area contributed by atoms with E-state index in [0.29, 0.717) is 11.7 Å². The number of carbonyl (C=O) groups is 1. The van der Waals surface area contributed by atoms with Gasteiger partial charge in [0.25, 0.3) is 0 Å². The summed E-state index contributed by atoms with van der Waals surface area (Å²) in [7, 11) is 1.92. The number of carbonyl (C=O) groups excluding carboxylic acids is 1. The second-order valence-corrected chi connectivity index (χ2v) is 5.84. The largest absolute Gasteiger partial charge is 0.329 e. The third kappa shape index (κ3) is 3.63. The molecule has 106 valence electrons. The molecule has 0 bridgehead atoms. The van der Waals surface area contributed by atoms with Gasteiger partial charge in [0, 0.05) is 25.1 Å². The predicted molar refractivity (Wildman–Crippen MR) is 83.1 cm³/mol. The number of hydrogen-bond donors (Lipinski definition) is 1. The third-order valence-corrected chi connectivity index (χ3v) is 4.02. The summed E-state index contributed by atoms with van der Waals surface area (Å²) in [5, 5.41) is 3.82. The van der Waals surface area contributed by atoms with E-state index in [0.717, 1.165) is 16.4 Å². The van der Waals surface area contributed by atoms with Crippen LogP contribution in [0.25, 0.3) is 0 Å². The Morgan fingerprint density at radius 3 is 2.80 bits per heavy atom. The Morgan fingerprint density at radius 2 is 2.15 bits per heavy atom. The normalized spacial score (nSPS) is 10.8. The summed E-state index contributed by atoms with van der Waals surface area (Å²) in [6.07, 6.45) is 3.60. The van der Waals surface area contributed by atoms with Gasteiger partial charge in [0.15, 0.2) is 5.16 Å². The Hall–Kier alpha value is -1.75. The number of hydrogen-bond acceptors (Lipinski definition) is 3. The zero-order valence-electron chi connectivity index (χ0n) is 12.0. The molecule has 0 atom stereocenters. The second kappa shape index (κ2) is 6.61. The Balaban J connectivity index is 1.97. The smallest absolute Gasteiger partial charge is 0.234 e. The van der Waals surface area contributed by atoms with Gasteiger partial charge in [-0.3, -0.25) is 4.79 Å². The number of imidazole rings is 1. The third-order valence-electron chi connectivity index (χ3n) is 2.97. The second-order valence-electron chi connectivity index (χ2n) is 4.90. The average Bonchev–Trinajstić information content (AvgIpc) is 2.82. The van der Waals surface area contributed by atoms with Gasteiger partial charge in [-0.2, -0.15) is 0 Å². The summed E-state index contributed by atoms with van der Waals surface area (Å²) < 4.78 is 1.90. The fraction of sp³-hybridized carbons (Fsp3) is 0.333. The first kappa shape index (κ1) is 14.7. The molecule has 0 aliphatic carbocycles. The molecule has 5 heteroatoms. The number of aromatic nitrogens is 2. The molecule has 0 spiro atoms. The summed E-state index contributed by atoms with van der Waals surface area (Å²) >= 11 is 1.44. The van der Waals surface area contributed by atoms with Crippen LogP contribution < -0.4 is 5.32 Å². The van der Waals surface area contributed by atoms with Crippen LogP contribution in [0, 0.1) is 0 Å². The summed E-state index contributed by atoms with van der Waals surface area (Å²) in [6, 6.07) is 7.92. The molecule has 1 N–H and O–H groups in total. The Labute approximate surface area is 123 Å². The van der Waals surface area contributed by atoms with Crippen molar-refractivity contribution in [2.45, 2.75) is 24.9 Å². The molecule has 0 aliphatic rings. The zero-order valence-corrected chi connectivity index (χ0v) is 12.8. The predicted octanol–water partition coefficient (Wildman–Crippen LogP) is 3.27. The summed E-state index contributed by atoms with van der Waals surface area (Å²) in [6.45, 7) is 4.24. The maximum Gasteiger partial charge on any atom is 0.234 e. The number of thioether (sulfide) groups is 1. The minimum Gasteiger partial charge on any atom is -0.329 e. The molecule has 0 fully saturated rings. The standard InChI is InChI=1S/C15H19N3OS/c1-11(2)12-6-4-5-7-13(12)17-14(19)10-20-15-16-8-9-18(15)3/h4-9,11H,10H2,1-3H3,(H,17,19). The van der Waals surface area contributed by atoms with E-state index in [1.54, 1.807) is 6.20 Å². The van der Waals surface area contributed by atoms with Gasteiger partial charge in [-0.1, -0.05) is 43.8 Å². The topological polar surface area (TPSA) is 46.9 Å². The lowest BCUT2D eigenvalue weighted by Gasteiger charge is -2.13. The van der Waals surface area contributed by atoms with Crippen LogP contribution in [0.4, 0.5) is 5.69 Å². The number of para-hydroxylation sites is 1. The van der Waals surface area contributed by atoms with E-state index < -0.39 is 0 Å². The Kier molecular flexibility index (Phi) is 4.84. The van der Waals surface area contributed by atoms with Crippen LogP contribution in [0.15, 0.2) is 41.8 Å². The summed E-state index contributed by atoms with van der Waals surface area (Å²) in [5.41, 5.74) is 2.05. The summed E-state index contributed by atoms with van der Waals surface area (Å²) in [5.74, 6) is 0.733. The molecule has 4 nitrogen and oxygen atoms in total. The number of rotatable bonds is 5. The lowest BCUT2D eigenvalue weighted by Crippen LogP contribution is -2.16. The fourth-order valence-electron chi connectivity index (χ4n) is 1.92. The highest BCUT2D eigenvalue weighted by molar-refractivity contribution is 7.99. The molecule has 0 saturated heterocycles. The highest BCUT2D eigenvalue weighted by Crippen LogP contribution is 2.24. The van der Waals surface area contributed by atoms with Crippen LogP contribution in [0.5, 0.6) is 0 Å². The molecule has 0 radical (unpaired) electrons. The van der Waals surface area contributed by atoms with Crippen molar-refractivity contribution in [3.05, 3.63) is 42.2 Å². The first-order valence-electron chi connectivity index (χ1n) is 6.57. The lowest BCUT2D eigenvalue weighted by atomic mass is 10.0. The van der Waals surface area contributed by atoms with Gasteiger partial charge in [-0.15, -0.1) is 0 Å². The van der Waals surface area contributed by atoms with Gasteiger partial charge in [0.1, 0.15) is 0 Å². The molecule has 1 aromatic heterocycles. The van der Waals surface area contributed by atoms with E-state index in [4.69, 9.17) is 0 Å². The van der Waals surface area contributed by atoms with E-state index in [1.807, 2.05) is 42.1 Å². The fourth-order valence-corrected chi connectivity index (χ4v) is 2.65. The van der Waals surface area contributed by atoms with E-state index in [-0.39, 0.29) is 5.91 Å². The number of anilines is 1. The van der Waals surface area contributed by atoms with E-state index in [2.05, 4.69) is 24.1 Å². The molecule has 0 aliphatic heterocycles. The van der Waals surface area contributed by atoms with Crippen molar-refractivity contribution < 1.29 is 4.79 Å². The monoisotopic (exact) mass is 289 g/mol. The number of amides is 1. The number of nitrogens with zero attached hydrogens (tertiary/aromatic N) is 2. The Morgan fingerprint density at radius 1 is 1.40 bits per heavy atom. The quantitative estimate of drug-likeness (QED) is 0.859. The molecular weight excluding hydrogens is 270 g/mol. The minimum atomic E-state index is -0.00824. The van der Waals surface area contributed by atoms with Gasteiger partial charge in [-0.25, -0.2) is 4.98 Å². The van der Waals surface area contributed by atoms with Gasteiger partial charge in [0.2, 0.25) is 5.91 Å². The first-order valence-corrected chi connectivity index (χ1v) is 7.55. The van der Waals surface area contributed by atoms with Crippen LogP contribution in [-0.4, -0.2) is 21.2 Å². The van der Waals surface area contributed by atoms with Crippen molar-refractivity contribution >= 4 is 23.4 Å². The van der Waals surface area contributed by atoms with E-state index >= 15 is 0 Å². The molecule has 1 amide bonds. The molecule has 1 aromatic carbocycles. The SMILES string of the molecule is CC(C)c1ccccc1NC(=O)CSc1nccn1C. The number of aryl methyl sites for hydroxylation is 1. The van der Waals surface area contributed by atoms with E-state index in [9.17, 15) is 4.79 Å². The summed E-state index contributed by atoms with van der Waals surface area (Å²) in [4.78, 5) is 16.2. The van der Waals surface area contributed by atoms with Gasteiger partial charge in [-0.05, 0) is 17.5 Å². The highest BCUT2D eigenvalue weighted by Gasteiger charge is 2.10. The zero-order chi connectivity index (χ0) is 14.5. The van der Waals surface area contributed by atoms with Crippen molar-refractivity contribution in [1.82, 2.24) is 9.55 Å². The van der Waals surface area contributed by atoms with Crippen molar-refractivity contribution in [3.63, 3.8) is 0 Å². The molecule has 1 heterocycles. The van der Waals surface area contributed by atoms with E-state index in [1.165, 1.54) is 11.8 Å². The van der Waals surface area contributed by atoms with Crippen molar-refractivity contribution in [2.24, 2.45) is 7.05 Å². The lowest BCUT2D eigenvalue weighted by molar-refractivity contribution is -0.113. The molecule has 2 rings (SSSR count). The van der Waals surface area contributed by atoms with Crippen LogP contribution >= 0.6 is 11.8 Å². The average molecular weight is 289 g/mol. The van der Waals surface area contributed by atoms with Crippen LogP contribution in [0.2, 0.25) is 0 Å². The first-order chi connectivity index (χ1) is 9.58. The van der Waals surface area contributed by atoms with Crippen molar-refractivity contribution in [3.8, 4) is 0 Å². The molecule has 0 saturated carbocycles. The number of nitrogens with one attached hydrogen (secondary N) is 1. The maximum atomic E-state index is 12.0. The Bertz CT molecular complexity index is 592. The molecule has 2 aromatic rings. The van der Waals surface area contributed by atoms with Gasteiger partial charge in [0.05, 0.1) is 5.75 Å². The number of benzene rings is 1. The van der Waals surface area contributed by atoms with Crippen molar-refractivity contribution in [2.75, 3.05) is 11.1 Å². The van der Waals surface area contributed by atoms with Gasteiger partial charge >= 0.3 is 0 Å². The highest BCUT2D eigenvalue weighted by atomic mass is 32.2. The minimum absolute atomic E-state index is 0.00824. The van der Waals surface area contributed by atoms with Gasteiger partial charge < -0.3 is 9.88 Å².